The average molecular weight is 183 g/mol. The topological polar surface area (TPSA) is 3.24 Å². The van der Waals surface area contributed by atoms with Crippen LogP contribution in [-0.4, -0.2) is 29.7 Å². The third-order valence-electron chi connectivity index (χ3n) is 3.67. The summed E-state index contributed by atoms with van der Waals surface area (Å²) < 4.78 is 13.3. The fourth-order valence-electron chi connectivity index (χ4n) is 2.97. The van der Waals surface area contributed by atoms with Gasteiger partial charge in [-0.15, -0.1) is 0 Å². The summed E-state index contributed by atoms with van der Waals surface area (Å²) in [7, 11) is 0. The quantitative estimate of drug-likeness (QED) is 0.564. The van der Waals surface area contributed by atoms with Crippen molar-refractivity contribution in [3.05, 3.63) is 12.2 Å². The van der Waals surface area contributed by atoms with Gasteiger partial charge in [-0.1, -0.05) is 26.0 Å². The molecule has 1 unspecified atom stereocenters. The Kier molecular flexibility index (Phi) is 1.99. The first-order valence-corrected chi connectivity index (χ1v) is 5.10. The standard InChI is InChI=1S/C11H18FN/c1-8(2)11-4-9(3)6-13(11)7-10(12)5-11/h8,10H,3-7H2,1-2H3/t10-,11?/m1/s1. The molecule has 0 amide bonds. The van der Waals surface area contributed by atoms with Crippen molar-refractivity contribution in [2.75, 3.05) is 13.1 Å². The summed E-state index contributed by atoms with van der Waals surface area (Å²) in [6, 6.07) is 0. The summed E-state index contributed by atoms with van der Waals surface area (Å²) in [5, 5.41) is 0. The molecule has 2 rings (SSSR count). The predicted molar refractivity (Wildman–Crippen MR) is 52.4 cm³/mol. The number of hydrogen-bond acceptors (Lipinski definition) is 1. The molecular formula is C11H18FN. The SMILES string of the molecule is C=C1CN2C[C@H](F)CC2(C(C)C)C1. The molecule has 0 saturated carbocycles. The van der Waals surface area contributed by atoms with Crippen LogP contribution in [0.25, 0.3) is 0 Å². The zero-order chi connectivity index (χ0) is 9.64. The Hall–Kier alpha value is -0.370. The van der Waals surface area contributed by atoms with Gasteiger partial charge in [0.05, 0.1) is 0 Å². The first-order valence-electron chi connectivity index (χ1n) is 5.10. The minimum atomic E-state index is -0.615. The Morgan fingerprint density at radius 3 is 2.85 bits per heavy atom. The van der Waals surface area contributed by atoms with E-state index in [4.69, 9.17) is 0 Å². The summed E-state index contributed by atoms with van der Waals surface area (Å²) in [4.78, 5) is 2.30. The molecular weight excluding hydrogens is 165 g/mol. The maximum atomic E-state index is 13.3. The largest absolute Gasteiger partial charge is 0.290 e. The van der Waals surface area contributed by atoms with E-state index in [0.29, 0.717) is 18.9 Å². The van der Waals surface area contributed by atoms with Crippen LogP contribution in [0, 0.1) is 5.92 Å². The van der Waals surface area contributed by atoms with E-state index in [1.54, 1.807) is 0 Å². The van der Waals surface area contributed by atoms with Crippen LogP contribution in [0.4, 0.5) is 4.39 Å². The van der Waals surface area contributed by atoms with Crippen molar-refractivity contribution in [2.24, 2.45) is 5.92 Å². The van der Waals surface area contributed by atoms with E-state index in [1.165, 1.54) is 5.57 Å². The lowest BCUT2D eigenvalue weighted by Gasteiger charge is -2.35. The first-order chi connectivity index (χ1) is 6.04. The van der Waals surface area contributed by atoms with Crippen LogP contribution in [0.15, 0.2) is 12.2 Å². The summed E-state index contributed by atoms with van der Waals surface area (Å²) >= 11 is 0. The van der Waals surface area contributed by atoms with E-state index in [0.717, 1.165) is 13.0 Å². The lowest BCUT2D eigenvalue weighted by molar-refractivity contribution is 0.136. The van der Waals surface area contributed by atoms with Crippen LogP contribution in [0.1, 0.15) is 26.7 Å². The smallest absolute Gasteiger partial charge is 0.115 e. The van der Waals surface area contributed by atoms with Crippen LogP contribution >= 0.6 is 0 Å². The molecule has 74 valence electrons. The fourth-order valence-corrected chi connectivity index (χ4v) is 2.97. The molecule has 2 aliphatic rings. The molecule has 2 saturated heterocycles. The predicted octanol–water partition coefficient (Wildman–Crippen LogP) is 2.38. The van der Waals surface area contributed by atoms with Crippen LogP contribution in [0.2, 0.25) is 0 Å². The van der Waals surface area contributed by atoms with E-state index in [2.05, 4.69) is 25.3 Å². The van der Waals surface area contributed by atoms with Gasteiger partial charge in [-0.05, 0) is 18.8 Å². The summed E-state index contributed by atoms with van der Waals surface area (Å²) in [5.74, 6) is 0.535. The number of rotatable bonds is 1. The molecule has 0 aliphatic carbocycles. The molecule has 0 aromatic carbocycles. The number of alkyl halides is 1. The molecule has 1 nitrogen and oxygen atoms in total. The number of nitrogens with zero attached hydrogens (tertiary/aromatic N) is 1. The molecule has 2 heterocycles. The van der Waals surface area contributed by atoms with Gasteiger partial charge in [0, 0.05) is 18.6 Å². The normalized spacial score (nSPS) is 40.3. The van der Waals surface area contributed by atoms with E-state index in [9.17, 15) is 4.39 Å². The lowest BCUT2D eigenvalue weighted by Crippen LogP contribution is -2.42. The van der Waals surface area contributed by atoms with E-state index in [1.807, 2.05) is 0 Å². The summed E-state index contributed by atoms with van der Waals surface area (Å²) in [5.41, 5.74) is 1.39. The summed E-state index contributed by atoms with van der Waals surface area (Å²) in [6.45, 7) is 9.96. The second-order valence-corrected chi connectivity index (χ2v) is 4.87. The van der Waals surface area contributed by atoms with Crippen molar-refractivity contribution in [2.45, 2.75) is 38.4 Å². The lowest BCUT2D eigenvalue weighted by atomic mass is 9.82. The van der Waals surface area contributed by atoms with E-state index in [-0.39, 0.29) is 5.54 Å². The van der Waals surface area contributed by atoms with Gasteiger partial charge in [-0.3, -0.25) is 4.90 Å². The zero-order valence-corrected chi connectivity index (χ0v) is 8.52. The van der Waals surface area contributed by atoms with Crippen LogP contribution in [0.3, 0.4) is 0 Å². The Morgan fingerprint density at radius 2 is 2.31 bits per heavy atom. The van der Waals surface area contributed by atoms with Crippen molar-refractivity contribution < 1.29 is 4.39 Å². The number of halogens is 1. The van der Waals surface area contributed by atoms with Crippen molar-refractivity contribution in [1.82, 2.24) is 4.90 Å². The second kappa shape index (κ2) is 2.81. The second-order valence-electron chi connectivity index (χ2n) is 4.87. The highest BCUT2D eigenvalue weighted by atomic mass is 19.1. The Labute approximate surface area is 79.6 Å². The highest BCUT2D eigenvalue weighted by Crippen LogP contribution is 2.46. The molecule has 2 heteroatoms. The molecule has 0 N–H and O–H groups in total. The molecule has 0 aromatic rings. The average Bonchev–Trinajstić information content (AvgIpc) is 2.40. The Morgan fingerprint density at radius 1 is 1.62 bits per heavy atom. The minimum Gasteiger partial charge on any atom is -0.290 e. The van der Waals surface area contributed by atoms with E-state index >= 15 is 0 Å². The molecule has 2 fully saturated rings. The third-order valence-corrected chi connectivity index (χ3v) is 3.67. The Balaban J connectivity index is 2.26. The van der Waals surface area contributed by atoms with Crippen molar-refractivity contribution in [1.29, 1.82) is 0 Å². The molecule has 0 aromatic heterocycles. The molecule has 2 aliphatic heterocycles. The minimum absolute atomic E-state index is 0.108. The van der Waals surface area contributed by atoms with Gasteiger partial charge in [-0.25, -0.2) is 4.39 Å². The van der Waals surface area contributed by atoms with Crippen LogP contribution < -0.4 is 0 Å². The maximum Gasteiger partial charge on any atom is 0.115 e. The fraction of sp³-hybridized carbons (Fsp3) is 0.818. The van der Waals surface area contributed by atoms with Crippen molar-refractivity contribution >= 4 is 0 Å². The van der Waals surface area contributed by atoms with Gasteiger partial charge in [0.2, 0.25) is 0 Å². The van der Waals surface area contributed by atoms with Gasteiger partial charge in [0.1, 0.15) is 6.17 Å². The molecule has 0 radical (unpaired) electrons. The van der Waals surface area contributed by atoms with E-state index < -0.39 is 6.17 Å². The summed E-state index contributed by atoms with van der Waals surface area (Å²) in [6.07, 6.45) is 1.10. The van der Waals surface area contributed by atoms with Gasteiger partial charge in [0.25, 0.3) is 0 Å². The third kappa shape index (κ3) is 1.23. The van der Waals surface area contributed by atoms with Gasteiger partial charge >= 0.3 is 0 Å². The van der Waals surface area contributed by atoms with Gasteiger partial charge < -0.3 is 0 Å². The highest BCUT2D eigenvalue weighted by molar-refractivity contribution is 5.19. The molecule has 2 atom stereocenters. The number of fused-ring (bicyclic) bond motifs is 1. The van der Waals surface area contributed by atoms with Crippen LogP contribution in [0.5, 0.6) is 0 Å². The molecule has 0 bridgehead atoms. The maximum absolute atomic E-state index is 13.3. The van der Waals surface area contributed by atoms with Crippen molar-refractivity contribution in [3.63, 3.8) is 0 Å². The number of hydrogen-bond donors (Lipinski definition) is 0. The first kappa shape index (κ1) is 9.20. The van der Waals surface area contributed by atoms with Gasteiger partial charge in [0.15, 0.2) is 0 Å². The van der Waals surface area contributed by atoms with Gasteiger partial charge in [-0.2, -0.15) is 0 Å². The van der Waals surface area contributed by atoms with Crippen LogP contribution in [-0.2, 0) is 0 Å². The highest BCUT2D eigenvalue weighted by Gasteiger charge is 2.51. The monoisotopic (exact) mass is 183 g/mol. The van der Waals surface area contributed by atoms with Crippen molar-refractivity contribution in [3.8, 4) is 0 Å². The molecule has 0 spiro atoms. The Bertz CT molecular complexity index is 236. The molecule has 13 heavy (non-hydrogen) atoms. The zero-order valence-electron chi connectivity index (χ0n) is 8.52.